The van der Waals surface area contributed by atoms with Crippen LogP contribution in [0.5, 0.6) is 5.75 Å². The van der Waals surface area contributed by atoms with Crippen molar-refractivity contribution in [2.45, 2.75) is 12.5 Å². The molecule has 0 fully saturated rings. The van der Waals surface area contributed by atoms with E-state index in [0.29, 0.717) is 28.0 Å². The number of fused-ring (bicyclic) bond motifs is 1. The van der Waals surface area contributed by atoms with E-state index >= 15 is 0 Å². The number of nitrogens with one attached hydrogen (secondary N) is 2. The first kappa shape index (κ1) is 24.8. The van der Waals surface area contributed by atoms with Gasteiger partial charge in [0.05, 0.1) is 11.4 Å². The number of ether oxygens (including phenoxy) is 1. The molecule has 0 saturated carbocycles. The lowest BCUT2D eigenvalue weighted by atomic mass is 9.97. The summed E-state index contributed by atoms with van der Waals surface area (Å²) in [5.74, 6) is -0.232. The van der Waals surface area contributed by atoms with Crippen LogP contribution in [0.1, 0.15) is 18.1 Å². The van der Waals surface area contributed by atoms with Crippen LogP contribution in [0, 0.1) is 0 Å². The van der Waals surface area contributed by atoms with Crippen molar-refractivity contribution in [2.75, 3.05) is 16.4 Å². The van der Waals surface area contributed by atoms with Gasteiger partial charge in [0.2, 0.25) is 5.91 Å². The Balaban J connectivity index is 1.55. The van der Waals surface area contributed by atoms with Crippen molar-refractivity contribution in [2.24, 2.45) is 0 Å². The van der Waals surface area contributed by atoms with E-state index in [0.717, 1.165) is 9.86 Å². The molecule has 4 aromatic carbocycles. The number of carbonyl (C=O) groups excluding carboxylic acids is 2. The van der Waals surface area contributed by atoms with Gasteiger partial charge in [-0.25, -0.2) is 4.79 Å². The zero-order chi connectivity index (χ0) is 25.5. The van der Waals surface area contributed by atoms with E-state index in [2.05, 4.69) is 26.6 Å². The molecule has 5 N–H and O–H groups in total. The number of phenolic OH excluding ortho intramolecular Hbond substituents is 1. The number of nitrogen functional groups attached to an aromatic ring is 1. The summed E-state index contributed by atoms with van der Waals surface area (Å²) in [5, 5.41) is 17.1. The highest BCUT2D eigenvalue weighted by molar-refractivity contribution is 9.10. The number of nitrogens with two attached hydrogens (primary N) is 1. The molecule has 0 saturated heterocycles. The summed E-state index contributed by atoms with van der Waals surface area (Å²) in [6.45, 7) is 0. The van der Waals surface area contributed by atoms with Crippen molar-refractivity contribution in [1.82, 2.24) is 0 Å². The third-order valence-electron chi connectivity index (χ3n) is 5.46. The molecule has 4 aromatic rings. The van der Waals surface area contributed by atoms with Gasteiger partial charge in [-0.05, 0) is 53.9 Å². The molecule has 0 heterocycles. The van der Waals surface area contributed by atoms with Gasteiger partial charge in [0.1, 0.15) is 11.9 Å². The molecular formula is C28H24BrN3O4. The van der Waals surface area contributed by atoms with Crippen LogP contribution in [0.15, 0.2) is 102 Å². The van der Waals surface area contributed by atoms with E-state index in [-0.39, 0.29) is 18.1 Å². The van der Waals surface area contributed by atoms with Gasteiger partial charge in [-0.2, -0.15) is 0 Å². The second-order valence-electron chi connectivity index (χ2n) is 7.96. The van der Waals surface area contributed by atoms with Crippen LogP contribution >= 0.6 is 15.9 Å². The first-order chi connectivity index (χ1) is 17.4. The summed E-state index contributed by atoms with van der Waals surface area (Å²) in [4.78, 5) is 25.2. The molecule has 0 aromatic heterocycles. The van der Waals surface area contributed by atoms with Gasteiger partial charge in [0, 0.05) is 27.5 Å². The van der Waals surface area contributed by atoms with Gasteiger partial charge >= 0.3 is 6.09 Å². The van der Waals surface area contributed by atoms with Gasteiger partial charge in [0.25, 0.3) is 0 Å². The lowest BCUT2D eigenvalue weighted by Gasteiger charge is -2.20. The van der Waals surface area contributed by atoms with Gasteiger partial charge in [0.15, 0.2) is 0 Å². The molecule has 0 radical (unpaired) electrons. The van der Waals surface area contributed by atoms with Crippen molar-refractivity contribution in [3.63, 3.8) is 0 Å². The summed E-state index contributed by atoms with van der Waals surface area (Å²) in [6.07, 6.45) is 1.86. The van der Waals surface area contributed by atoms with Crippen LogP contribution in [0.4, 0.5) is 21.9 Å². The van der Waals surface area contributed by atoms with Crippen molar-refractivity contribution in [3.05, 3.63) is 107 Å². The number of carbonyl (C=O) groups is 2. The third kappa shape index (κ3) is 6.22. The first-order valence-corrected chi connectivity index (χ1v) is 12.0. The summed E-state index contributed by atoms with van der Waals surface area (Å²) < 4.78 is 6.68. The second-order valence-corrected chi connectivity index (χ2v) is 8.88. The quantitative estimate of drug-likeness (QED) is 0.151. The third-order valence-corrected chi connectivity index (χ3v) is 5.99. The largest absolute Gasteiger partial charge is 0.507 e. The minimum absolute atomic E-state index is 0.128. The van der Waals surface area contributed by atoms with E-state index < -0.39 is 12.2 Å². The summed E-state index contributed by atoms with van der Waals surface area (Å²) >= 11 is 3.36. The SMILES string of the molecule is Nc1ccccc1NC(=O)/C=C/C[C@@H](OC(=O)Nc1ccc(Br)cc1)c1ccc(O)c2ccccc12. The van der Waals surface area contributed by atoms with Crippen molar-refractivity contribution < 1.29 is 19.4 Å². The number of hydrogen-bond donors (Lipinski definition) is 4. The highest BCUT2D eigenvalue weighted by Crippen LogP contribution is 2.34. The molecule has 0 spiro atoms. The number of halogens is 1. The number of para-hydroxylation sites is 2. The van der Waals surface area contributed by atoms with Crippen molar-refractivity contribution in [3.8, 4) is 5.75 Å². The molecule has 0 bridgehead atoms. The Bertz CT molecular complexity index is 1420. The average Bonchev–Trinajstić information content (AvgIpc) is 2.87. The normalized spacial score (nSPS) is 11.8. The van der Waals surface area contributed by atoms with Crippen LogP contribution in [0.25, 0.3) is 10.8 Å². The highest BCUT2D eigenvalue weighted by Gasteiger charge is 2.19. The number of aromatic hydroxyl groups is 1. The van der Waals surface area contributed by atoms with E-state index in [4.69, 9.17) is 10.5 Å². The van der Waals surface area contributed by atoms with Gasteiger partial charge in [-0.15, -0.1) is 0 Å². The number of benzene rings is 4. The highest BCUT2D eigenvalue weighted by atomic mass is 79.9. The monoisotopic (exact) mass is 545 g/mol. The molecule has 182 valence electrons. The van der Waals surface area contributed by atoms with E-state index in [1.807, 2.05) is 18.2 Å². The zero-order valence-electron chi connectivity index (χ0n) is 19.1. The standard InChI is InChI=1S/C28H24BrN3O4/c29-18-12-14-19(15-13-18)31-28(35)36-26(22-16-17-25(33)21-7-2-1-6-20(21)22)10-5-11-27(34)32-24-9-4-3-8-23(24)30/h1-9,11-17,26,33H,10,30H2,(H,31,35)(H,32,34)/b11-5+/t26-/m1/s1. The Morgan fingerprint density at radius 3 is 2.36 bits per heavy atom. The fourth-order valence-corrected chi connectivity index (χ4v) is 3.98. The number of amides is 2. The number of phenols is 1. The summed E-state index contributed by atoms with van der Waals surface area (Å²) in [6, 6.07) is 24.7. The van der Waals surface area contributed by atoms with Crippen LogP contribution in [-0.4, -0.2) is 17.1 Å². The van der Waals surface area contributed by atoms with Crippen LogP contribution < -0.4 is 16.4 Å². The predicted octanol–water partition coefficient (Wildman–Crippen LogP) is 6.76. The van der Waals surface area contributed by atoms with Crippen LogP contribution in [0.2, 0.25) is 0 Å². The van der Waals surface area contributed by atoms with E-state index in [1.54, 1.807) is 72.8 Å². The summed E-state index contributed by atoms with van der Waals surface area (Å²) in [7, 11) is 0. The van der Waals surface area contributed by atoms with Crippen LogP contribution in [0.3, 0.4) is 0 Å². The molecule has 0 aliphatic rings. The maximum absolute atomic E-state index is 12.7. The number of anilines is 3. The minimum atomic E-state index is -0.725. The van der Waals surface area contributed by atoms with E-state index in [1.165, 1.54) is 6.08 Å². The Morgan fingerprint density at radius 2 is 1.61 bits per heavy atom. The molecule has 4 rings (SSSR count). The maximum Gasteiger partial charge on any atom is 0.412 e. The second kappa shape index (κ2) is 11.4. The summed E-state index contributed by atoms with van der Waals surface area (Å²) in [5.41, 5.74) is 8.14. The van der Waals surface area contributed by atoms with Gasteiger partial charge in [-0.3, -0.25) is 10.1 Å². The molecular weight excluding hydrogens is 522 g/mol. The lowest BCUT2D eigenvalue weighted by Crippen LogP contribution is -2.17. The van der Waals surface area contributed by atoms with Crippen molar-refractivity contribution in [1.29, 1.82) is 0 Å². The Hall–Kier alpha value is -4.30. The molecule has 0 aliphatic carbocycles. The molecule has 0 unspecified atom stereocenters. The Morgan fingerprint density at radius 1 is 0.917 bits per heavy atom. The van der Waals surface area contributed by atoms with Crippen molar-refractivity contribution >= 4 is 55.8 Å². The fraction of sp³-hybridized carbons (Fsp3) is 0.0714. The van der Waals surface area contributed by atoms with Gasteiger partial charge < -0.3 is 20.9 Å². The smallest absolute Gasteiger partial charge is 0.412 e. The topological polar surface area (TPSA) is 114 Å². The maximum atomic E-state index is 12.7. The first-order valence-electron chi connectivity index (χ1n) is 11.2. The predicted molar refractivity (Wildman–Crippen MR) is 146 cm³/mol. The molecule has 0 aliphatic heterocycles. The molecule has 36 heavy (non-hydrogen) atoms. The number of rotatable bonds is 7. The lowest BCUT2D eigenvalue weighted by molar-refractivity contribution is -0.111. The average molecular weight is 546 g/mol. The zero-order valence-corrected chi connectivity index (χ0v) is 20.7. The van der Waals surface area contributed by atoms with Crippen LogP contribution in [-0.2, 0) is 9.53 Å². The Labute approximate surface area is 216 Å². The molecule has 1 atom stereocenters. The van der Waals surface area contributed by atoms with E-state index in [9.17, 15) is 14.7 Å². The molecule has 2 amide bonds. The molecule has 7 nitrogen and oxygen atoms in total. The Kier molecular flexibility index (Phi) is 7.87. The van der Waals surface area contributed by atoms with Gasteiger partial charge in [-0.1, -0.05) is 64.5 Å². The molecule has 8 heteroatoms. The number of hydrogen-bond acceptors (Lipinski definition) is 5. The fourth-order valence-electron chi connectivity index (χ4n) is 3.72. The minimum Gasteiger partial charge on any atom is -0.507 e.